The van der Waals surface area contributed by atoms with Gasteiger partial charge in [-0.1, -0.05) is 11.6 Å². The number of nitrogens with zero attached hydrogens (tertiary/aromatic N) is 3. The number of hydrogen-bond donors (Lipinski definition) is 1. The molecule has 0 unspecified atom stereocenters. The number of halogens is 1. The van der Waals surface area contributed by atoms with Crippen molar-refractivity contribution in [1.29, 1.82) is 0 Å². The Balaban J connectivity index is 1.65. The van der Waals surface area contributed by atoms with E-state index in [1.54, 1.807) is 18.4 Å². The predicted octanol–water partition coefficient (Wildman–Crippen LogP) is 4.55. The first-order valence-corrected chi connectivity index (χ1v) is 11.5. The number of aromatic nitrogens is 2. The van der Waals surface area contributed by atoms with Crippen LogP contribution in [0.25, 0.3) is 22.3 Å². The van der Waals surface area contributed by atoms with E-state index in [-0.39, 0.29) is 6.04 Å². The summed E-state index contributed by atoms with van der Waals surface area (Å²) in [6.07, 6.45) is 0. The lowest BCUT2D eigenvalue weighted by molar-refractivity contribution is -0.0107. The summed E-state index contributed by atoms with van der Waals surface area (Å²) < 4.78 is 17.3. The lowest BCUT2D eigenvalue weighted by atomic mass is 10.1. The summed E-state index contributed by atoms with van der Waals surface area (Å²) in [7, 11) is 3.72. The molecule has 31 heavy (non-hydrogen) atoms. The van der Waals surface area contributed by atoms with E-state index in [9.17, 15) is 0 Å². The number of nitrogens with one attached hydrogen (secondary N) is 1. The molecule has 3 heterocycles. The Morgan fingerprint density at radius 1 is 1.29 bits per heavy atom. The number of benzene rings is 1. The molecule has 0 aliphatic carbocycles. The second kappa shape index (κ2) is 9.56. The minimum atomic E-state index is 0.191. The zero-order valence-corrected chi connectivity index (χ0v) is 19.7. The van der Waals surface area contributed by atoms with E-state index >= 15 is 0 Å². The van der Waals surface area contributed by atoms with Crippen LogP contribution in [0.4, 0.5) is 5.13 Å². The van der Waals surface area contributed by atoms with Crippen LogP contribution < -0.4 is 14.8 Å². The number of hydrogen-bond acceptors (Lipinski definition) is 8. The third-order valence-electron chi connectivity index (χ3n) is 5.20. The molecule has 166 valence electrons. The van der Waals surface area contributed by atoms with E-state index in [1.807, 2.05) is 23.6 Å². The highest BCUT2D eigenvalue weighted by atomic mass is 35.5. The highest BCUT2D eigenvalue weighted by Crippen LogP contribution is 2.38. The molecule has 7 nitrogen and oxygen atoms in total. The molecule has 3 aromatic rings. The molecule has 4 rings (SSSR count). The summed E-state index contributed by atoms with van der Waals surface area (Å²) in [4.78, 5) is 11.7. The standard InChI is InChI=1S/C22H27ClN4O3S/c1-13(2)24-22-26-17(12-31-22)16-9-19(28-4)15-5-6-18(20(23)21(15)25-16)30-11-14-10-29-8-7-27(14)3/h5-6,9,12-14H,7-8,10-11H2,1-4H3,(H,24,26)/t14-/m0/s1. The van der Waals surface area contributed by atoms with Crippen molar-refractivity contribution in [2.45, 2.75) is 25.9 Å². The molecular weight excluding hydrogens is 436 g/mol. The van der Waals surface area contributed by atoms with Crippen molar-refractivity contribution in [2.75, 3.05) is 45.8 Å². The molecule has 1 aliphatic rings. The van der Waals surface area contributed by atoms with Crippen LogP contribution in [0.2, 0.25) is 5.02 Å². The number of ether oxygens (including phenoxy) is 3. The lowest BCUT2D eigenvalue weighted by Gasteiger charge is -2.32. The smallest absolute Gasteiger partial charge is 0.183 e. The molecular formula is C22H27ClN4O3S. The number of pyridine rings is 1. The summed E-state index contributed by atoms with van der Waals surface area (Å²) in [5, 5.41) is 7.45. The normalized spacial score (nSPS) is 17.3. The summed E-state index contributed by atoms with van der Waals surface area (Å²) in [5.74, 6) is 1.29. The minimum absolute atomic E-state index is 0.191. The molecule has 1 fully saturated rings. The van der Waals surface area contributed by atoms with Gasteiger partial charge in [0.2, 0.25) is 0 Å². The van der Waals surface area contributed by atoms with Gasteiger partial charge in [-0.3, -0.25) is 4.90 Å². The van der Waals surface area contributed by atoms with Crippen molar-refractivity contribution in [3.05, 3.63) is 28.6 Å². The van der Waals surface area contributed by atoms with E-state index in [0.717, 1.165) is 29.4 Å². The fourth-order valence-electron chi connectivity index (χ4n) is 3.42. The molecule has 0 spiro atoms. The predicted molar refractivity (Wildman–Crippen MR) is 126 cm³/mol. The Bertz CT molecular complexity index is 1060. The molecule has 1 N–H and O–H groups in total. The van der Waals surface area contributed by atoms with Gasteiger partial charge in [0.05, 0.1) is 37.6 Å². The number of morpholine rings is 1. The molecule has 1 saturated heterocycles. The van der Waals surface area contributed by atoms with E-state index in [2.05, 4.69) is 36.1 Å². The number of thiazole rings is 1. The van der Waals surface area contributed by atoms with Crippen molar-refractivity contribution in [1.82, 2.24) is 14.9 Å². The van der Waals surface area contributed by atoms with E-state index in [4.69, 9.17) is 30.8 Å². The lowest BCUT2D eigenvalue weighted by Crippen LogP contribution is -2.46. The Hall–Kier alpha value is -2.13. The van der Waals surface area contributed by atoms with E-state index < -0.39 is 0 Å². The van der Waals surface area contributed by atoms with Crippen molar-refractivity contribution >= 4 is 39.0 Å². The summed E-state index contributed by atoms with van der Waals surface area (Å²) >= 11 is 8.29. The van der Waals surface area contributed by atoms with Gasteiger partial charge in [-0.05, 0) is 33.0 Å². The van der Waals surface area contributed by atoms with Gasteiger partial charge in [0.25, 0.3) is 0 Å². The summed E-state index contributed by atoms with van der Waals surface area (Å²) in [6, 6.07) is 6.19. The van der Waals surface area contributed by atoms with Gasteiger partial charge < -0.3 is 19.5 Å². The summed E-state index contributed by atoms with van der Waals surface area (Å²) in [6.45, 7) is 6.95. The topological polar surface area (TPSA) is 68.7 Å². The van der Waals surface area contributed by atoms with Gasteiger partial charge in [-0.15, -0.1) is 11.3 Å². The van der Waals surface area contributed by atoms with Crippen LogP contribution in [0.1, 0.15) is 13.8 Å². The highest BCUT2D eigenvalue weighted by molar-refractivity contribution is 7.14. The van der Waals surface area contributed by atoms with E-state index in [1.165, 1.54) is 0 Å². The molecule has 0 bridgehead atoms. The second-order valence-electron chi connectivity index (χ2n) is 7.84. The van der Waals surface area contributed by atoms with Crippen molar-refractivity contribution in [2.24, 2.45) is 0 Å². The zero-order chi connectivity index (χ0) is 22.0. The first-order chi connectivity index (χ1) is 15.0. The van der Waals surface area contributed by atoms with E-state index in [0.29, 0.717) is 47.0 Å². The number of anilines is 1. The fraction of sp³-hybridized carbons (Fsp3) is 0.455. The quantitative estimate of drug-likeness (QED) is 0.552. The largest absolute Gasteiger partial charge is 0.496 e. The van der Waals surface area contributed by atoms with Crippen LogP contribution in [0, 0.1) is 0 Å². The SMILES string of the molecule is COc1cc(-c2csc(NC(C)C)n2)nc2c(Cl)c(OC[C@@H]3COCCN3C)ccc12. The van der Waals surface area contributed by atoms with Crippen LogP contribution in [-0.4, -0.2) is 67.5 Å². The molecule has 1 aliphatic heterocycles. The Kier molecular flexibility index (Phi) is 6.81. The van der Waals surface area contributed by atoms with Crippen LogP contribution in [-0.2, 0) is 4.74 Å². The molecule has 9 heteroatoms. The molecule has 2 aromatic heterocycles. The van der Waals surface area contributed by atoms with Gasteiger partial charge in [0.1, 0.15) is 28.8 Å². The maximum atomic E-state index is 6.74. The highest BCUT2D eigenvalue weighted by Gasteiger charge is 2.21. The monoisotopic (exact) mass is 462 g/mol. The number of fused-ring (bicyclic) bond motifs is 1. The van der Waals surface area contributed by atoms with Gasteiger partial charge >= 0.3 is 0 Å². The van der Waals surface area contributed by atoms with Gasteiger partial charge in [-0.25, -0.2) is 9.97 Å². The Labute approximate surface area is 191 Å². The number of methoxy groups -OCH3 is 1. The molecule has 0 saturated carbocycles. The molecule has 1 aromatic carbocycles. The third kappa shape index (κ3) is 4.87. The Morgan fingerprint density at radius 3 is 2.87 bits per heavy atom. The van der Waals surface area contributed by atoms with Gasteiger partial charge in [-0.2, -0.15) is 0 Å². The number of likely N-dealkylation sites (N-methyl/N-ethyl adjacent to an activating group) is 1. The number of rotatable bonds is 7. The zero-order valence-electron chi connectivity index (χ0n) is 18.1. The van der Waals surface area contributed by atoms with Crippen molar-refractivity contribution < 1.29 is 14.2 Å². The second-order valence-corrected chi connectivity index (χ2v) is 9.08. The Morgan fingerprint density at radius 2 is 2.13 bits per heavy atom. The summed E-state index contributed by atoms with van der Waals surface area (Å²) in [5.41, 5.74) is 2.11. The maximum Gasteiger partial charge on any atom is 0.183 e. The van der Waals surface area contributed by atoms with Crippen molar-refractivity contribution in [3.8, 4) is 22.9 Å². The first-order valence-electron chi connectivity index (χ1n) is 10.3. The third-order valence-corrected chi connectivity index (χ3v) is 6.34. The first kappa shape index (κ1) is 22.1. The van der Waals surface area contributed by atoms with Gasteiger partial charge in [0.15, 0.2) is 5.13 Å². The minimum Gasteiger partial charge on any atom is -0.496 e. The average Bonchev–Trinajstić information content (AvgIpc) is 3.21. The fourth-order valence-corrected chi connectivity index (χ4v) is 4.54. The van der Waals surface area contributed by atoms with Crippen LogP contribution in [0.3, 0.4) is 0 Å². The molecule has 1 atom stereocenters. The van der Waals surface area contributed by atoms with Gasteiger partial charge in [0, 0.05) is 29.4 Å². The van der Waals surface area contributed by atoms with Crippen LogP contribution >= 0.6 is 22.9 Å². The van der Waals surface area contributed by atoms with Crippen molar-refractivity contribution in [3.63, 3.8) is 0 Å². The molecule has 0 radical (unpaired) electrons. The van der Waals surface area contributed by atoms with Crippen LogP contribution in [0.15, 0.2) is 23.6 Å². The average molecular weight is 463 g/mol. The van der Waals surface area contributed by atoms with Crippen LogP contribution in [0.5, 0.6) is 11.5 Å². The maximum absolute atomic E-state index is 6.74. The molecule has 0 amide bonds.